The van der Waals surface area contributed by atoms with Crippen molar-refractivity contribution in [3.05, 3.63) is 76.6 Å². The number of fused-ring (bicyclic) bond motifs is 4. The zero-order chi connectivity index (χ0) is 27.7. The van der Waals surface area contributed by atoms with Crippen LogP contribution in [-0.4, -0.2) is 46.4 Å². The monoisotopic (exact) mass is 527 g/mol. The van der Waals surface area contributed by atoms with Crippen LogP contribution in [0, 0.1) is 0 Å². The summed E-state index contributed by atoms with van der Waals surface area (Å²) in [5.74, 6) is 1.21. The highest BCUT2D eigenvalue weighted by Crippen LogP contribution is 2.41. The smallest absolute Gasteiger partial charge is 0.253 e. The number of hydrogen-bond acceptors (Lipinski definition) is 4. The molecular formula is C32H37N3O4. The van der Waals surface area contributed by atoms with Crippen LogP contribution in [0.15, 0.2) is 54.2 Å². The molecule has 7 nitrogen and oxygen atoms in total. The molecule has 0 radical (unpaired) electrons. The van der Waals surface area contributed by atoms with Crippen LogP contribution in [0.25, 0.3) is 28.2 Å². The Kier molecular flexibility index (Phi) is 7.53. The maximum atomic E-state index is 13.7. The summed E-state index contributed by atoms with van der Waals surface area (Å²) < 4.78 is 13.9. The van der Waals surface area contributed by atoms with Crippen molar-refractivity contribution in [2.45, 2.75) is 59.2 Å². The molecule has 204 valence electrons. The van der Waals surface area contributed by atoms with Gasteiger partial charge in [-0.3, -0.25) is 4.79 Å². The van der Waals surface area contributed by atoms with Crippen LogP contribution in [0.2, 0.25) is 0 Å². The van der Waals surface area contributed by atoms with Gasteiger partial charge in [-0.2, -0.15) is 0 Å². The maximum Gasteiger partial charge on any atom is 0.253 e. The van der Waals surface area contributed by atoms with Gasteiger partial charge >= 0.3 is 0 Å². The average Bonchev–Trinajstić information content (AvgIpc) is 3.49. The van der Waals surface area contributed by atoms with Crippen LogP contribution in [0.3, 0.4) is 0 Å². The number of para-hydroxylation sites is 1. The third-order valence-electron chi connectivity index (χ3n) is 7.14. The molecule has 39 heavy (non-hydrogen) atoms. The molecular weight excluding hydrogens is 490 g/mol. The van der Waals surface area contributed by atoms with Gasteiger partial charge in [0, 0.05) is 34.9 Å². The second-order valence-electron chi connectivity index (χ2n) is 10.7. The number of H-pyrrole nitrogens is 1. The highest BCUT2D eigenvalue weighted by atomic mass is 16.5. The number of carbonyl (C=O) groups is 1. The lowest BCUT2D eigenvalue weighted by Gasteiger charge is -2.23. The van der Waals surface area contributed by atoms with Gasteiger partial charge in [0.1, 0.15) is 0 Å². The fourth-order valence-electron chi connectivity index (χ4n) is 5.41. The number of aromatic amines is 1. The topological polar surface area (TPSA) is 88.5 Å². The molecule has 1 aliphatic rings. The number of aryl methyl sites for hydroxylation is 1. The van der Waals surface area contributed by atoms with Crippen molar-refractivity contribution in [1.29, 1.82) is 0 Å². The van der Waals surface area contributed by atoms with Crippen LogP contribution in [0.5, 0.6) is 11.5 Å². The molecule has 4 aromatic rings. The molecule has 0 saturated carbocycles. The number of nitrogens with one attached hydrogen (secondary N) is 2. The number of hydrogen-bond donors (Lipinski definition) is 3. The first kappa shape index (κ1) is 26.6. The molecule has 0 fully saturated rings. The Hall–Kier alpha value is -3.97. The number of aliphatic hydroxyl groups excluding tert-OH is 1. The van der Waals surface area contributed by atoms with Crippen LogP contribution in [-0.2, 0) is 19.4 Å². The highest BCUT2D eigenvalue weighted by molar-refractivity contribution is 6.00. The van der Waals surface area contributed by atoms with E-state index in [1.807, 2.05) is 70.3 Å². The lowest BCUT2D eigenvalue weighted by Crippen LogP contribution is -2.39. The first-order valence-electron chi connectivity index (χ1n) is 13.5. The Morgan fingerprint density at radius 2 is 1.97 bits per heavy atom. The number of methoxy groups -OCH3 is 1. The minimum absolute atomic E-state index is 0.00228. The molecule has 0 unspecified atom stereocenters. The van der Waals surface area contributed by atoms with Crippen molar-refractivity contribution in [2.75, 3.05) is 13.7 Å². The van der Waals surface area contributed by atoms with Crippen LogP contribution < -0.4 is 14.8 Å². The number of ether oxygens (including phenoxy) is 2. The average molecular weight is 528 g/mol. The third-order valence-corrected chi connectivity index (χ3v) is 7.14. The fourth-order valence-corrected chi connectivity index (χ4v) is 5.41. The van der Waals surface area contributed by atoms with Gasteiger partial charge in [0.2, 0.25) is 0 Å². The van der Waals surface area contributed by atoms with E-state index in [9.17, 15) is 9.90 Å². The molecule has 5 rings (SSSR count). The lowest BCUT2D eigenvalue weighted by molar-refractivity contribution is 0.0916. The first-order chi connectivity index (χ1) is 18.8. The van der Waals surface area contributed by atoms with Crippen molar-refractivity contribution in [2.24, 2.45) is 0 Å². The number of benzene rings is 2. The molecule has 0 aliphatic carbocycles. The van der Waals surface area contributed by atoms with Gasteiger partial charge in [-0.1, -0.05) is 23.8 Å². The molecule has 2 aromatic carbocycles. The molecule has 2 aromatic heterocycles. The zero-order valence-corrected chi connectivity index (χ0v) is 23.3. The molecule has 0 bridgehead atoms. The van der Waals surface area contributed by atoms with E-state index >= 15 is 0 Å². The zero-order valence-electron chi connectivity index (χ0n) is 23.3. The number of aromatic nitrogens is 2. The van der Waals surface area contributed by atoms with Gasteiger partial charge in [0.05, 0.1) is 37.1 Å². The molecule has 1 atom stereocenters. The van der Waals surface area contributed by atoms with Crippen LogP contribution >= 0.6 is 0 Å². The molecule has 3 heterocycles. The van der Waals surface area contributed by atoms with Gasteiger partial charge < -0.3 is 29.4 Å². The summed E-state index contributed by atoms with van der Waals surface area (Å²) >= 11 is 0. The lowest BCUT2D eigenvalue weighted by atomic mass is 9.97. The number of carbonyl (C=O) groups excluding carboxylic acids is 1. The summed E-state index contributed by atoms with van der Waals surface area (Å²) in [7, 11) is 1.66. The van der Waals surface area contributed by atoms with Crippen LogP contribution in [0.4, 0.5) is 0 Å². The molecule has 1 aliphatic heterocycles. The summed E-state index contributed by atoms with van der Waals surface area (Å²) in [6, 6.07) is 13.7. The van der Waals surface area contributed by atoms with Crippen LogP contribution in [0.1, 0.15) is 54.9 Å². The number of aliphatic hydroxyl groups is 1. The number of nitrogens with zero attached hydrogens (tertiary/aromatic N) is 1. The minimum Gasteiger partial charge on any atom is -0.493 e. The van der Waals surface area contributed by atoms with Gasteiger partial charge in [-0.25, -0.2) is 0 Å². The SMILES string of the molecule is COc1cc2c(cc1OC(C)C)-c1cc(C(=O)N[C@@H](CO)Cc3c[nH]c4ccccc34)c(C=C(C)C)n1CC2. The minimum atomic E-state index is -0.421. The van der Waals surface area contributed by atoms with Crippen molar-refractivity contribution >= 4 is 22.9 Å². The molecule has 0 spiro atoms. The van der Waals surface area contributed by atoms with E-state index in [1.165, 1.54) is 0 Å². The number of amides is 1. The first-order valence-corrected chi connectivity index (χ1v) is 13.5. The van der Waals surface area contributed by atoms with E-state index in [4.69, 9.17) is 9.47 Å². The van der Waals surface area contributed by atoms with Crippen molar-refractivity contribution in [1.82, 2.24) is 14.9 Å². The summed E-state index contributed by atoms with van der Waals surface area (Å²) in [6.45, 7) is 8.64. The Morgan fingerprint density at radius 3 is 2.69 bits per heavy atom. The molecule has 3 N–H and O–H groups in total. The molecule has 7 heteroatoms. The quantitative estimate of drug-likeness (QED) is 0.259. The van der Waals surface area contributed by atoms with E-state index in [1.54, 1.807) is 7.11 Å². The van der Waals surface area contributed by atoms with Crippen molar-refractivity contribution < 1.29 is 19.4 Å². The van der Waals surface area contributed by atoms with Crippen molar-refractivity contribution in [3.63, 3.8) is 0 Å². The summed E-state index contributed by atoms with van der Waals surface area (Å²) in [6.07, 6.45) is 5.36. The molecule has 1 amide bonds. The fraction of sp³-hybridized carbons (Fsp3) is 0.344. The van der Waals surface area contributed by atoms with Gasteiger partial charge in [-0.15, -0.1) is 0 Å². The largest absolute Gasteiger partial charge is 0.493 e. The Labute approximate surface area is 229 Å². The van der Waals surface area contributed by atoms with E-state index in [0.29, 0.717) is 23.5 Å². The van der Waals surface area contributed by atoms with Gasteiger partial charge in [0.25, 0.3) is 5.91 Å². The van der Waals surface area contributed by atoms with Gasteiger partial charge in [0.15, 0.2) is 11.5 Å². The van der Waals surface area contributed by atoms with Crippen molar-refractivity contribution in [3.8, 4) is 22.8 Å². The van der Waals surface area contributed by atoms with E-state index in [-0.39, 0.29) is 18.6 Å². The maximum absolute atomic E-state index is 13.7. The normalized spacial score (nSPS) is 13.1. The summed E-state index contributed by atoms with van der Waals surface area (Å²) in [5, 5.41) is 14.4. The number of allylic oxidation sites excluding steroid dienone is 1. The Bertz CT molecular complexity index is 1540. The summed E-state index contributed by atoms with van der Waals surface area (Å²) in [5.41, 5.74) is 7.85. The van der Waals surface area contributed by atoms with E-state index in [2.05, 4.69) is 27.0 Å². The van der Waals surface area contributed by atoms with E-state index in [0.717, 1.165) is 57.5 Å². The predicted octanol–water partition coefficient (Wildman–Crippen LogP) is 5.74. The summed E-state index contributed by atoms with van der Waals surface area (Å²) in [4.78, 5) is 17.0. The second kappa shape index (κ2) is 11.0. The Morgan fingerprint density at radius 1 is 1.18 bits per heavy atom. The predicted molar refractivity (Wildman–Crippen MR) is 156 cm³/mol. The van der Waals surface area contributed by atoms with E-state index < -0.39 is 6.04 Å². The highest BCUT2D eigenvalue weighted by Gasteiger charge is 2.27. The second-order valence-corrected chi connectivity index (χ2v) is 10.7. The standard InChI is InChI=1S/C32H37N3O4/c1-19(2)12-28-26(32(37)34-23(18-36)13-22-17-33-27-9-7-6-8-24(22)27)15-29-25-16-31(39-20(3)4)30(38-5)14-21(25)10-11-35(28)29/h6-9,12,14-17,20,23,33,36H,10-11,13,18H2,1-5H3,(H,34,37)/t23-/m1/s1. The Balaban J connectivity index is 1.50. The number of rotatable bonds is 9. The van der Waals surface area contributed by atoms with Gasteiger partial charge in [-0.05, 0) is 82.0 Å². The molecule has 0 saturated heterocycles. The third kappa shape index (κ3) is 5.32.